The van der Waals surface area contributed by atoms with Crippen LogP contribution in [0, 0.1) is 11.2 Å². The summed E-state index contributed by atoms with van der Waals surface area (Å²) in [4.78, 5) is 18.7. The van der Waals surface area contributed by atoms with Gasteiger partial charge in [-0.15, -0.1) is 0 Å². The lowest BCUT2D eigenvalue weighted by Crippen LogP contribution is -2.59. The van der Waals surface area contributed by atoms with Crippen molar-refractivity contribution < 1.29 is 31.8 Å². The van der Waals surface area contributed by atoms with E-state index >= 15 is 0 Å². The molecular formula is C31H33F4N3O3. The molecule has 1 aromatic heterocycles. The molecule has 1 N–H and O–H groups in total. The number of amides is 1. The zero-order chi connectivity index (χ0) is 29.1. The maximum Gasteiger partial charge on any atom is 0.430 e. The Morgan fingerprint density at radius 3 is 2.44 bits per heavy atom. The summed E-state index contributed by atoms with van der Waals surface area (Å²) in [6, 6.07) is 16.3. The van der Waals surface area contributed by atoms with Crippen LogP contribution in [0.2, 0.25) is 0 Å². The molecule has 10 heteroatoms. The summed E-state index contributed by atoms with van der Waals surface area (Å²) < 4.78 is 68.9. The third-order valence-electron chi connectivity index (χ3n) is 8.65. The van der Waals surface area contributed by atoms with Crippen LogP contribution < -0.4 is 10.1 Å². The molecule has 1 spiro atoms. The summed E-state index contributed by atoms with van der Waals surface area (Å²) in [5.41, 5.74) is -2.21. The second-order valence-electron chi connectivity index (χ2n) is 10.7. The lowest BCUT2D eigenvalue weighted by atomic mass is 9.62. The molecule has 1 unspecified atom stereocenters. The molecule has 5 rings (SSSR count). The first-order chi connectivity index (χ1) is 19.7. The number of carbonyl (C=O) groups excluding carboxylic acids is 1. The molecule has 2 aliphatic heterocycles. The first-order valence-electron chi connectivity index (χ1n) is 13.7. The average Bonchev–Trinajstić information content (AvgIpc) is 2.98. The average molecular weight is 572 g/mol. The van der Waals surface area contributed by atoms with E-state index in [1.165, 1.54) is 35.4 Å². The van der Waals surface area contributed by atoms with Gasteiger partial charge in [0.05, 0.1) is 6.20 Å². The monoisotopic (exact) mass is 571 g/mol. The lowest BCUT2D eigenvalue weighted by Gasteiger charge is -2.51. The van der Waals surface area contributed by atoms with Crippen molar-refractivity contribution in [3.8, 4) is 5.75 Å². The molecule has 2 aromatic carbocycles. The van der Waals surface area contributed by atoms with Crippen molar-refractivity contribution in [3.05, 3.63) is 95.6 Å². The molecule has 3 aromatic rings. The van der Waals surface area contributed by atoms with Gasteiger partial charge in [0, 0.05) is 50.0 Å². The minimum absolute atomic E-state index is 0.00379. The topological polar surface area (TPSA) is 63.7 Å². The number of aromatic nitrogens is 1. The van der Waals surface area contributed by atoms with Gasteiger partial charge in [0.25, 0.3) is 11.5 Å². The zero-order valence-electron chi connectivity index (χ0n) is 22.8. The maximum atomic E-state index is 14.5. The number of methoxy groups -OCH3 is 1. The Kier molecular flexibility index (Phi) is 8.33. The molecule has 0 aliphatic carbocycles. The van der Waals surface area contributed by atoms with E-state index in [0.29, 0.717) is 30.7 Å². The molecule has 2 aliphatic rings. The van der Waals surface area contributed by atoms with Crippen LogP contribution in [0.5, 0.6) is 5.75 Å². The smallest absolute Gasteiger partial charge is 0.430 e. The summed E-state index contributed by atoms with van der Waals surface area (Å²) in [5.74, 6) is -0.910. The van der Waals surface area contributed by atoms with Crippen LogP contribution in [-0.2, 0) is 21.7 Å². The van der Waals surface area contributed by atoms with Crippen molar-refractivity contribution in [2.45, 2.75) is 43.6 Å². The van der Waals surface area contributed by atoms with E-state index in [4.69, 9.17) is 9.47 Å². The van der Waals surface area contributed by atoms with Crippen molar-refractivity contribution in [1.82, 2.24) is 15.2 Å². The molecular weight excluding hydrogens is 538 g/mol. The highest BCUT2D eigenvalue weighted by Gasteiger charge is 2.64. The van der Waals surface area contributed by atoms with Gasteiger partial charge in [0.2, 0.25) is 0 Å². The van der Waals surface area contributed by atoms with Crippen molar-refractivity contribution in [2.75, 3.05) is 33.3 Å². The number of carbonyl (C=O) groups is 1. The number of nitrogens with zero attached hydrogens (tertiary/aromatic N) is 2. The van der Waals surface area contributed by atoms with Crippen molar-refractivity contribution >= 4 is 5.91 Å². The van der Waals surface area contributed by atoms with Crippen LogP contribution in [0.15, 0.2) is 73.1 Å². The molecule has 3 heterocycles. The van der Waals surface area contributed by atoms with Gasteiger partial charge in [-0.3, -0.25) is 9.78 Å². The fourth-order valence-corrected chi connectivity index (χ4v) is 6.37. The van der Waals surface area contributed by atoms with E-state index in [9.17, 15) is 22.4 Å². The molecule has 2 saturated heterocycles. The Labute approximate surface area is 236 Å². The first-order valence-corrected chi connectivity index (χ1v) is 13.7. The first kappa shape index (κ1) is 29.0. The summed E-state index contributed by atoms with van der Waals surface area (Å²) in [6.07, 6.45) is -0.417. The Bertz CT molecular complexity index is 1350. The summed E-state index contributed by atoms with van der Waals surface area (Å²) in [5, 5.41) is 3.45. The number of hydrogen-bond acceptors (Lipinski definition) is 5. The highest BCUT2D eigenvalue weighted by Crippen LogP contribution is 2.51. The van der Waals surface area contributed by atoms with Gasteiger partial charge < -0.3 is 19.7 Å². The van der Waals surface area contributed by atoms with Gasteiger partial charge in [-0.1, -0.05) is 48.5 Å². The standard InChI is InChI=1S/C31H33F4N3O3/c1-40-30(31(33,34)35,23-7-3-2-4-8-23)28(39)38-17-13-29(14-18-38)12-16-37-19-25(29)24-9-5-6-10-27(24)41-21-22-11-15-36-20-26(22)32/h2-11,15,20,25,37H,12-14,16-19,21H2,1H3/t25?,30-/m1/s1. The van der Waals surface area contributed by atoms with Crippen LogP contribution in [0.4, 0.5) is 17.6 Å². The Balaban J connectivity index is 1.38. The van der Waals surface area contributed by atoms with Crippen LogP contribution in [0.3, 0.4) is 0 Å². The Morgan fingerprint density at radius 2 is 1.76 bits per heavy atom. The number of likely N-dealkylation sites (tertiary alicyclic amines) is 1. The molecule has 0 saturated carbocycles. The van der Waals surface area contributed by atoms with Gasteiger partial charge in [-0.05, 0) is 48.9 Å². The molecule has 0 bridgehead atoms. The number of alkyl halides is 3. The van der Waals surface area contributed by atoms with Gasteiger partial charge in [0.1, 0.15) is 18.2 Å². The third kappa shape index (κ3) is 5.42. The van der Waals surface area contributed by atoms with E-state index in [0.717, 1.165) is 31.8 Å². The number of para-hydroxylation sites is 1. The fourth-order valence-electron chi connectivity index (χ4n) is 6.37. The molecule has 1 amide bonds. The second kappa shape index (κ2) is 11.8. The molecule has 2 atom stereocenters. The number of halogens is 4. The van der Waals surface area contributed by atoms with Crippen molar-refractivity contribution in [3.63, 3.8) is 0 Å². The number of ether oxygens (including phenoxy) is 2. The van der Waals surface area contributed by atoms with Gasteiger partial charge >= 0.3 is 6.18 Å². The van der Waals surface area contributed by atoms with E-state index in [-0.39, 0.29) is 36.6 Å². The Hall–Kier alpha value is -3.50. The quantitative estimate of drug-likeness (QED) is 0.375. The summed E-state index contributed by atoms with van der Waals surface area (Å²) >= 11 is 0. The number of pyridine rings is 1. The summed E-state index contributed by atoms with van der Waals surface area (Å²) in [6.45, 7) is 1.82. The van der Waals surface area contributed by atoms with Crippen LogP contribution in [-0.4, -0.2) is 55.3 Å². The maximum absolute atomic E-state index is 14.5. The number of nitrogens with one attached hydrogen (secondary N) is 1. The Morgan fingerprint density at radius 1 is 1.05 bits per heavy atom. The SMILES string of the molecule is CO[C@@](C(=O)N1CCC2(CCNCC2c2ccccc2OCc2ccncc2F)CC1)(c1ccccc1)C(F)(F)F. The predicted molar refractivity (Wildman–Crippen MR) is 145 cm³/mol. The van der Waals surface area contributed by atoms with Crippen molar-refractivity contribution in [2.24, 2.45) is 5.41 Å². The highest BCUT2D eigenvalue weighted by molar-refractivity contribution is 5.88. The second-order valence-corrected chi connectivity index (χ2v) is 10.7. The van der Waals surface area contributed by atoms with E-state index in [1.807, 2.05) is 24.3 Å². The number of piperidine rings is 2. The van der Waals surface area contributed by atoms with Gasteiger partial charge in [-0.25, -0.2) is 4.39 Å². The van der Waals surface area contributed by atoms with Gasteiger partial charge in [-0.2, -0.15) is 13.2 Å². The van der Waals surface area contributed by atoms with E-state index < -0.39 is 23.5 Å². The third-order valence-corrected chi connectivity index (χ3v) is 8.65. The van der Waals surface area contributed by atoms with Crippen LogP contribution in [0.25, 0.3) is 0 Å². The normalized spacial score (nSPS) is 20.4. The molecule has 6 nitrogen and oxygen atoms in total. The number of rotatable bonds is 7. The number of hydrogen-bond donors (Lipinski definition) is 1. The highest BCUT2D eigenvalue weighted by atomic mass is 19.4. The van der Waals surface area contributed by atoms with E-state index in [2.05, 4.69) is 10.3 Å². The van der Waals surface area contributed by atoms with Crippen LogP contribution >= 0.6 is 0 Å². The fraction of sp³-hybridized carbons (Fsp3) is 0.419. The van der Waals surface area contributed by atoms with Gasteiger partial charge in [0.15, 0.2) is 0 Å². The molecule has 0 radical (unpaired) electrons. The minimum Gasteiger partial charge on any atom is -0.489 e. The lowest BCUT2D eigenvalue weighted by molar-refractivity contribution is -0.271. The van der Waals surface area contributed by atoms with E-state index in [1.54, 1.807) is 12.1 Å². The molecule has 41 heavy (non-hydrogen) atoms. The van der Waals surface area contributed by atoms with Crippen LogP contribution in [0.1, 0.15) is 41.9 Å². The minimum atomic E-state index is -4.95. The largest absolute Gasteiger partial charge is 0.489 e. The number of benzene rings is 2. The van der Waals surface area contributed by atoms with Crippen molar-refractivity contribution in [1.29, 1.82) is 0 Å². The summed E-state index contributed by atoms with van der Waals surface area (Å²) in [7, 11) is 0.932. The predicted octanol–water partition coefficient (Wildman–Crippen LogP) is 5.59. The molecule has 218 valence electrons. The zero-order valence-corrected chi connectivity index (χ0v) is 22.8. The molecule has 2 fully saturated rings.